The van der Waals surface area contributed by atoms with Gasteiger partial charge in [0.2, 0.25) is 0 Å². The van der Waals surface area contributed by atoms with Crippen LogP contribution < -0.4 is 15.2 Å². The SMILES string of the molecule is COc1ccc(F)cc1[C@H](C)Oc1cc(Br)cnc1N. The van der Waals surface area contributed by atoms with E-state index in [2.05, 4.69) is 20.9 Å². The van der Waals surface area contributed by atoms with E-state index < -0.39 is 6.10 Å². The molecular weight excluding hydrogens is 327 g/mol. The first-order valence-electron chi connectivity index (χ1n) is 5.92. The van der Waals surface area contributed by atoms with Crippen molar-refractivity contribution in [1.82, 2.24) is 4.98 Å². The number of aromatic nitrogens is 1. The second-order valence-electron chi connectivity index (χ2n) is 4.18. The number of benzene rings is 1. The third-order valence-corrected chi connectivity index (χ3v) is 3.22. The number of nitrogens with zero attached hydrogens (tertiary/aromatic N) is 1. The first-order chi connectivity index (χ1) is 9.51. The average Bonchev–Trinajstić information content (AvgIpc) is 2.42. The molecule has 106 valence electrons. The van der Waals surface area contributed by atoms with Crippen molar-refractivity contribution >= 4 is 21.7 Å². The zero-order chi connectivity index (χ0) is 14.7. The molecule has 0 bridgehead atoms. The van der Waals surface area contributed by atoms with E-state index in [1.165, 1.54) is 19.2 Å². The van der Waals surface area contributed by atoms with Crippen LogP contribution >= 0.6 is 15.9 Å². The summed E-state index contributed by atoms with van der Waals surface area (Å²) < 4.78 is 25.1. The number of ether oxygens (including phenoxy) is 2. The maximum absolute atomic E-state index is 13.4. The molecule has 20 heavy (non-hydrogen) atoms. The standard InChI is InChI=1S/C14H14BrFN2O2/c1-8(11-6-10(16)3-4-12(11)19-2)20-13-5-9(15)7-18-14(13)17/h3-8H,1-2H3,(H2,17,18)/t8-/m0/s1. The number of hydrogen-bond acceptors (Lipinski definition) is 4. The summed E-state index contributed by atoms with van der Waals surface area (Å²) in [5, 5.41) is 0. The van der Waals surface area contributed by atoms with Gasteiger partial charge in [0.25, 0.3) is 0 Å². The molecule has 1 aromatic carbocycles. The highest BCUT2D eigenvalue weighted by Crippen LogP contribution is 2.32. The Kier molecular flexibility index (Phi) is 4.44. The first-order valence-corrected chi connectivity index (χ1v) is 6.71. The monoisotopic (exact) mass is 340 g/mol. The minimum atomic E-state index is -0.431. The van der Waals surface area contributed by atoms with Crippen LogP contribution in [0.3, 0.4) is 0 Å². The molecule has 0 spiro atoms. The van der Waals surface area contributed by atoms with Crippen molar-refractivity contribution in [2.45, 2.75) is 13.0 Å². The van der Waals surface area contributed by atoms with Crippen LogP contribution in [0.25, 0.3) is 0 Å². The van der Waals surface area contributed by atoms with Crippen molar-refractivity contribution in [2.24, 2.45) is 0 Å². The molecule has 0 aliphatic heterocycles. The minimum Gasteiger partial charge on any atom is -0.496 e. The highest BCUT2D eigenvalue weighted by atomic mass is 79.9. The summed E-state index contributed by atoms with van der Waals surface area (Å²) in [5.41, 5.74) is 6.36. The van der Waals surface area contributed by atoms with Crippen molar-refractivity contribution in [1.29, 1.82) is 0 Å². The molecule has 0 saturated heterocycles. The van der Waals surface area contributed by atoms with Crippen LogP contribution in [0.4, 0.5) is 10.2 Å². The van der Waals surface area contributed by atoms with Gasteiger partial charge in [-0.25, -0.2) is 9.37 Å². The Morgan fingerprint density at radius 2 is 2.05 bits per heavy atom. The van der Waals surface area contributed by atoms with Gasteiger partial charge in [-0.15, -0.1) is 0 Å². The number of hydrogen-bond donors (Lipinski definition) is 1. The van der Waals surface area contributed by atoms with Crippen LogP contribution in [0.15, 0.2) is 34.9 Å². The highest BCUT2D eigenvalue weighted by Gasteiger charge is 2.16. The Hall–Kier alpha value is -1.82. The minimum absolute atomic E-state index is 0.274. The van der Waals surface area contributed by atoms with Crippen LogP contribution in [-0.2, 0) is 0 Å². The van der Waals surface area contributed by atoms with E-state index in [-0.39, 0.29) is 11.6 Å². The van der Waals surface area contributed by atoms with Gasteiger partial charge < -0.3 is 15.2 Å². The predicted molar refractivity (Wildman–Crippen MR) is 78.3 cm³/mol. The number of rotatable bonds is 4. The van der Waals surface area contributed by atoms with Crippen LogP contribution in [0.5, 0.6) is 11.5 Å². The Morgan fingerprint density at radius 3 is 2.75 bits per heavy atom. The highest BCUT2D eigenvalue weighted by molar-refractivity contribution is 9.10. The molecule has 0 amide bonds. The lowest BCUT2D eigenvalue weighted by Gasteiger charge is -2.18. The van der Waals surface area contributed by atoms with Gasteiger partial charge in [-0.05, 0) is 47.1 Å². The van der Waals surface area contributed by atoms with Gasteiger partial charge in [-0.2, -0.15) is 0 Å². The number of anilines is 1. The lowest BCUT2D eigenvalue weighted by atomic mass is 10.1. The number of halogens is 2. The van der Waals surface area contributed by atoms with E-state index in [0.29, 0.717) is 17.1 Å². The molecule has 1 atom stereocenters. The van der Waals surface area contributed by atoms with Crippen LogP contribution in [0.1, 0.15) is 18.6 Å². The topological polar surface area (TPSA) is 57.4 Å². The van der Waals surface area contributed by atoms with Gasteiger partial charge in [0.05, 0.1) is 7.11 Å². The van der Waals surface area contributed by atoms with Crippen molar-refractivity contribution in [3.8, 4) is 11.5 Å². The Labute approximate surface area is 124 Å². The normalized spacial score (nSPS) is 12.0. The Morgan fingerprint density at radius 1 is 1.30 bits per heavy atom. The van der Waals surface area contributed by atoms with Gasteiger partial charge in [0, 0.05) is 16.2 Å². The third-order valence-electron chi connectivity index (χ3n) is 2.78. The number of nitrogen functional groups attached to an aromatic ring is 1. The molecule has 4 nitrogen and oxygen atoms in total. The smallest absolute Gasteiger partial charge is 0.166 e. The molecule has 2 rings (SSSR count). The van der Waals surface area contributed by atoms with Crippen molar-refractivity contribution in [3.05, 3.63) is 46.3 Å². The van der Waals surface area contributed by atoms with Crippen LogP contribution in [0.2, 0.25) is 0 Å². The summed E-state index contributed by atoms with van der Waals surface area (Å²) in [4.78, 5) is 3.99. The zero-order valence-electron chi connectivity index (χ0n) is 11.1. The van der Waals surface area contributed by atoms with Crippen molar-refractivity contribution in [3.63, 3.8) is 0 Å². The summed E-state index contributed by atoms with van der Waals surface area (Å²) in [6.07, 6.45) is 1.15. The largest absolute Gasteiger partial charge is 0.496 e. The Bertz CT molecular complexity index is 622. The van der Waals surface area contributed by atoms with E-state index in [1.54, 1.807) is 25.3 Å². The van der Waals surface area contributed by atoms with Crippen molar-refractivity contribution < 1.29 is 13.9 Å². The maximum atomic E-state index is 13.4. The summed E-state index contributed by atoms with van der Waals surface area (Å²) in [5.74, 6) is 0.908. The first kappa shape index (κ1) is 14.6. The molecular formula is C14H14BrFN2O2. The van der Waals surface area contributed by atoms with Gasteiger partial charge in [-0.3, -0.25) is 0 Å². The molecule has 1 heterocycles. The maximum Gasteiger partial charge on any atom is 0.166 e. The fraction of sp³-hybridized carbons (Fsp3) is 0.214. The summed E-state index contributed by atoms with van der Waals surface area (Å²) in [6.45, 7) is 1.79. The molecule has 1 aromatic heterocycles. The fourth-order valence-corrected chi connectivity index (χ4v) is 2.11. The lowest BCUT2D eigenvalue weighted by molar-refractivity contribution is 0.221. The van der Waals surface area contributed by atoms with Crippen LogP contribution in [-0.4, -0.2) is 12.1 Å². The van der Waals surface area contributed by atoms with Crippen LogP contribution in [0, 0.1) is 5.82 Å². The lowest BCUT2D eigenvalue weighted by Crippen LogP contribution is -2.07. The van der Waals surface area contributed by atoms with E-state index in [0.717, 1.165) is 4.47 Å². The molecule has 0 fully saturated rings. The second kappa shape index (κ2) is 6.09. The average molecular weight is 341 g/mol. The fourth-order valence-electron chi connectivity index (χ4n) is 1.80. The molecule has 2 aromatic rings. The third kappa shape index (κ3) is 3.19. The van der Waals surface area contributed by atoms with E-state index in [9.17, 15) is 4.39 Å². The van der Waals surface area contributed by atoms with E-state index >= 15 is 0 Å². The van der Waals surface area contributed by atoms with Gasteiger partial charge in [0.1, 0.15) is 17.7 Å². The molecule has 6 heteroatoms. The number of methoxy groups -OCH3 is 1. The van der Waals surface area contributed by atoms with E-state index in [1.807, 2.05) is 0 Å². The summed E-state index contributed by atoms with van der Waals surface area (Å²) in [6, 6.07) is 5.99. The molecule has 0 aliphatic carbocycles. The molecule has 0 saturated carbocycles. The van der Waals surface area contributed by atoms with E-state index in [4.69, 9.17) is 15.2 Å². The molecule has 0 unspecified atom stereocenters. The van der Waals surface area contributed by atoms with Gasteiger partial charge in [0.15, 0.2) is 11.6 Å². The zero-order valence-corrected chi connectivity index (χ0v) is 12.6. The summed E-state index contributed by atoms with van der Waals surface area (Å²) in [7, 11) is 1.53. The van der Waals surface area contributed by atoms with Gasteiger partial charge in [-0.1, -0.05) is 0 Å². The number of nitrogens with two attached hydrogens (primary N) is 1. The summed E-state index contributed by atoms with van der Waals surface area (Å²) >= 11 is 3.30. The predicted octanol–water partition coefficient (Wildman–Crippen LogP) is 3.71. The molecule has 2 N–H and O–H groups in total. The second-order valence-corrected chi connectivity index (χ2v) is 5.10. The van der Waals surface area contributed by atoms with Gasteiger partial charge >= 0.3 is 0 Å². The number of pyridine rings is 1. The molecule has 0 radical (unpaired) electrons. The van der Waals surface area contributed by atoms with Crippen molar-refractivity contribution in [2.75, 3.05) is 12.8 Å². The molecule has 0 aliphatic rings. The quantitative estimate of drug-likeness (QED) is 0.921. The Balaban J connectivity index is 2.30.